The summed E-state index contributed by atoms with van der Waals surface area (Å²) in [6.45, 7) is -1.74. The van der Waals surface area contributed by atoms with E-state index in [9.17, 15) is 22.8 Å². The summed E-state index contributed by atoms with van der Waals surface area (Å²) in [5, 5.41) is 0. The molecule has 0 saturated heterocycles. The molecule has 146 valence electrons. The molecule has 0 unspecified atom stereocenters. The van der Waals surface area contributed by atoms with Gasteiger partial charge in [0.2, 0.25) is 0 Å². The highest BCUT2D eigenvalue weighted by Gasteiger charge is 2.27. The fraction of sp³-hybridized carbons (Fsp3) is 0.211. The molecule has 0 aliphatic heterocycles. The van der Waals surface area contributed by atoms with Gasteiger partial charge in [-0.05, 0) is 29.8 Å². The predicted octanol–water partition coefficient (Wildman–Crippen LogP) is 3.13. The van der Waals surface area contributed by atoms with Gasteiger partial charge in [-0.15, -0.1) is 0 Å². The number of benzene rings is 1. The summed E-state index contributed by atoms with van der Waals surface area (Å²) in [6, 6.07) is 12.2. The van der Waals surface area contributed by atoms with Gasteiger partial charge in [-0.2, -0.15) is 13.2 Å². The van der Waals surface area contributed by atoms with Crippen molar-refractivity contribution >= 4 is 11.6 Å². The second-order valence-electron chi connectivity index (χ2n) is 5.90. The lowest BCUT2D eigenvalue weighted by Gasteiger charge is -2.08. The Morgan fingerprint density at radius 2 is 1.82 bits per heavy atom. The quantitative estimate of drug-likeness (QED) is 0.603. The molecule has 9 heteroatoms. The number of esters is 1. The van der Waals surface area contributed by atoms with Gasteiger partial charge in [0.05, 0.1) is 17.9 Å². The van der Waals surface area contributed by atoms with Crippen LogP contribution in [0.1, 0.15) is 21.6 Å². The van der Waals surface area contributed by atoms with E-state index in [4.69, 9.17) is 4.74 Å². The predicted molar refractivity (Wildman–Crippen MR) is 92.7 cm³/mol. The van der Waals surface area contributed by atoms with Crippen molar-refractivity contribution < 1.29 is 27.4 Å². The van der Waals surface area contributed by atoms with Gasteiger partial charge in [0, 0.05) is 12.3 Å². The summed E-state index contributed by atoms with van der Waals surface area (Å²) in [4.78, 5) is 28.4. The number of alkyl halides is 3. The van der Waals surface area contributed by atoms with Gasteiger partial charge in [0.15, 0.2) is 0 Å². The Bertz CT molecular complexity index is 1030. The maximum absolute atomic E-state index is 12.1. The van der Waals surface area contributed by atoms with Crippen molar-refractivity contribution in [2.75, 3.05) is 6.61 Å². The van der Waals surface area contributed by atoms with Crippen molar-refractivity contribution in [3.05, 3.63) is 81.9 Å². The maximum atomic E-state index is 12.1. The minimum absolute atomic E-state index is 0.185. The number of rotatable bonds is 6. The number of nitrogens with zero attached hydrogens (tertiary/aromatic N) is 2. The molecule has 0 fully saturated rings. The first-order valence-electron chi connectivity index (χ1n) is 8.20. The van der Waals surface area contributed by atoms with Crippen molar-refractivity contribution in [3.63, 3.8) is 0 Å². The van der Waals surface area contributed by atoms with E-state index in [1.165, 1.54) is 34.7 Å². The van der Waals surface area contributed by atoms with E-state index in [1.807, 2.05) is 0 Å². The maximum Gasteiger partial charge on any atom is 0.411 e. The zero-order valence-corrected chi connectivity index (χ0v) is 14.5. The molecule has 0 amide bonds. The van der Waals surface area contributed by atoms with Crippen LogP contribution in [0.5, 0.6) is 0 Å². The van der Waals surface area contributed by atoms with Crippen molar-refractivity contribution in [2.24, 2.45) is 0 Å². The van der Waals surface area contributed by atoms with Crippen LogP contribution in [0.4, 0.5) is 13.2 Å². The van der Waals surface area contributed by atoms with E-state index in [0.717, 1.165) is 0 Å². The summed E-state index contributed by atoms with van der Waals surface area (Å²) in [5.74, 6) is -0.641. The number of carbonyl (C=O) groups is 1. The van der Waals surface area contributed by atoms with Gasteiger partial charge in [0.1, 0.15) is 18.9 Å². The number of fused-ring (bicyclic) bond motifs is 1. The minimum Gasteiger partial charge on any atom is -0.456 e. The Kier molecular flexibility index (Phi) is 5.74. The summed E-state index contributed by atoms with van der Waals surface area (Å²) < 4.78 is 47.2. The van der Waals surface area contributed by atoms with Crippen LogP contribution in [-0.2, 0) is 22.7 Å². The smallest absolute Gasteiger partial charge is 0.411 e. The number of aromatic nitrogens is 2. The molecule has 0 saturated carbocycles. The topological polar surface area (TPSA) is 69.9 Å². The SMILES string of the molecule is O=C(OCc1cc(=O)n2ccccc2n1)c1ccc(COCC(F)(F)F)cc1. The van der Waals surface area contributed by atoms with Crippen LogP contribution in [0.15, 0.2) is 59.5 Å². The number of hydrogen-bond acceptors (Lipinski definition) is 5. The summed E-state index contributed by atoms with van der Waals surface area (Å²) in [6.07, 6.45) is -2.80. The number of pyridine rings is 1. The second kappa shape index (κ2) is 8.22. The molecule has 0 radical (unpaired) electrons. The summed E-state index contributed by atoms with van der Waals surface area (Å²) in [5.41, 5.74) is 1.16. The standard InChI is InChI=1S/C19H15F3N2O4/c20-19(21,22)12-27-10-13-4-6-14(7-5-13)18(26)28-11-15-9-17(25)24-8-2-1-3-16(24)23-15/h1-9H,10-12H2. The third-order valence-corrected chi connectivity index (χ3v) is 3.70. The largest absolute Gasteiger partial charge is 0.456 e. The summed E-state index contributed by atoms with van der Waals surface area (Å²) in [7, 11) is 0. The van der Waals surface area contributed by atoms with Gasteiger partial charge >= 0.3 is 12.1 Å². The van der Waals surface area contributed by atoms with Gasteiger partial charge < -0.3 is 9.47 Å². The highest BCUT2D eigenvalue weighted by Crippen LogP contribution is 2.16. The first kappa shape index (κ1) is 19.6. The fourth-order valence-corrected chi connectivity index (χ4v) is 2.42. The molecule has 0 spiro atoms. The third-order valence-electron chi connectivity index (χ3n) is 3.70. The third kappa shape index (κ3) is 5.17. The van der Waals surface area contributed by atoms with E-state index >= 15 is 0 Å². The molecule has 2 aromatic heterocycles. The average Bonchev–Trinajstić information content (AvgIpc) is 2.66. The number of carbonyl (C=O) groups excluding carboxylic acids is 1. The van der Waals surface area contributed by atoms with Crippen LogP contribution in [0.3, 0.4) is 0 Å². The molecule has 0 bridgehead atoms. The van der Waals surface area contributed by atoms with E-state index in [2.05, 4.69) is 9.72 Å². The molecule has 2 heterocycles. The Balaban J connectivity index is 1.58. The van der Waals surface area contributed by atoms with Crippen LogP contribution >= 0.6 is 0 Å². The van der Waals surface area contributed by atoms with Crippen LogP contribution in [0, 0.1) is 0 Å². The Morgan fingerprint density at radius 1 is 1.07 bits per heavy atom. The number of hydrogen-bond donors (Lipinski definition) is 0. The Hall–Kier alpha value is -3.20. The fourth-order valence-electron chi connectivity index (χ4n) is 2.42. The second-order valence-corrected chi connectivity index (χ2v) is 5.90. The van der Waals surface area contributed by atoms with E-state index in [0.29, 0.717) is 16.9 Å². The van der Waals surface area contributed by atoms with Crippen molar-refractivity contribution in [3.8, 4) is 0 Å². The molecule has 1 aromatic carbocycles. The number of ether oxygens (including phenoxy) is 2. The van der Waals surface area contributed by atoms with E-state index < -0.39 is 18.8 Å². The molecule has 3 aromatic rings. The van der Waals surface area contributed by atoms with Gasteiger partial charge in [-0.25, -0.2) is 9.78 Å². The first-order valence-corrected chi connectivity index (χ1v) is 8.20. The van der Waals surface area contributed by atoms with E-state index in [-0.39, 0.29) is 24.3 Å². The Labute approximate surface area is 157 Å². The first-order chi connectivity index (χ1) is 13.3. The molecular formula is C19H15F3N2O4. The summed E-state index contributed by atoms with van der Waals surface area (Å²) >= 11 is 0. The Morgan fingerprint density at radius 3 is 2.54 bits per heavy atom. The normalized spacial score (nSPS) is 11.5. The van der Waals surface area contributed by atoms with Crippen LogP contribution in [-0.4, -0.2) is 28.1 Å². The van der Waals surface area contributed by atoms with Gasteiger partial charge in [0.25, 0.3) is 5.56 Å². The lowest BCUT2D eigenvalue weighted by atomic mass is 10.1. The van der Waals surface area contributed by atoms with Crippen molar-refractivity contribution in [1.29, 1.82) is 0 Å². The molecule has 6 nitrogen and oxygen atoms in total. The van der Waals surface area contributed by atoms with Crippen LogP contribution in [0.2, 0.25) is 0 Å². The van der Waals surface area contributed by atoms with E-state index in [1.54, 1.807) is 24.4 Å². The van der Waals surface area contributed by atoms with Crippen LogP contribution in [0.25, 0.3) is 5.65 Å². The molecular weight excluding hydrogens is 377 g/mol. The lowest BCUT2D eigenvalue weighted by Crippen LogP contribution is -2.17. The highest BCUT2D eigenvalue weighted by atomic mass is 19.4. The lowest BCUT2D eigenvalue weighted by molar-refractivity contribution is -0.176. The van der Waals surface area contributed by atoms with Crippen molar-refractivity contribution in [2.45, 2.75) is 19.4 Å². The molecule has 28 heavy (non-hydrogen) atoms. The molecule has 0 aliphatic rings. The van der Waals surface area contributed by atoms with Gasteiger partial charge in [-0.3, -0.25) is 9.20 Å². The molecule has 0 aliphatic carbocycles. The monoisotopic (exact) mass is 392 g/mol. The molecule has 3 rings (SSSR count). The highest BCUT2D eigenvalue weighted by molar-refractivity contribution is 5.89. The number of halogens is 3. The van der Waals surface area contributed by atoms with Gasteiger partial charge in [-0.1, -0.05) is 18.2 Å². The zero-order chi connectivity index (χ0) is 20.1. The van der Waals surface area contributed by atoms with Crippen molar-refractivity contribution in [1.82, 2.24) is 9.38 Å². The van der Waals surface area contributed by atoms with Crippen LogP contribution < -0.4 is 5.56 Å². The molecule has 0 atom stereocenters. The zero-order valence-electron chi connectivity index (χ0n) is 14.5. The molecule has 0 N–H and O–H groups in total. The average molecular weight is 392 g/mol. The minimum atomic E-state index is -4.39.